The molecule has 0 aliphatic rings. The second-order valence-electron chi connectivity index (χ2n) is 14.5. The van der Waals surface area contributed by atoms with Crippen molar-refractivity contribution in [2.75, 3.05) is 7.11 Å². The summed E-state index contributed by atoms with van der Waals surface area (Å²) in [6.45, 7) is 6.61. The monoisotopic (exact) mass is 808 g/mol. The molecule has 6 heteroatoms. The van der Waals surface area contributed by atoms with E-state index in [1.54, 1.807) is 55.6 Å². The molecule has 0 amide bonds. The molecule has 0 fully saturated rings. The van der Waals surface area contributed by atoms with Crippen LogP contribution in [-0.2, 0) is 16.4 Å². The Hall–Kier alpha value is -6.89. The molecule has 60 heavy (non-hydrogen) atoms. The van der Waals surface area contributed by atoms with Crippen LogP contribution in [-0.4, -0.2) is 15.5 Å². The zero-order chi connectivity index (χ0) is 41.9. The summed E-state index contributed by atoms with van der Waals surface area (Å²) in [4.78, 5) is 0.426. The minimum Gasteiger partial charge on any atom is -0.497 e. The van der Waals surface area contributed by atoms with E-state index in [1.165, 1.54) is 17.5 Å². The zero-order valence-electron chi connectivity index (χ0n) is 34.3. The van der Waals surface area contributed by atoms with Crippen molar-refractivity contribution in [3.63, 3.8) is 0 Å². The highest BCUT2D eigenvalue weighted by atomic mass is 32.2. The third-order valence-electron chi connectivity index (χ3n) is 9.93. The van der Waals surface area contributed by atoms with Crippen molar-refractivity contribution < 1.29 is 22.6 Å². The molecule has 0 unspecified atom stereocenters. The Morgan fingerprint density at radius 2 is 0.883 bits per heavy atom. The number of hydrogen-bond acceptors (Lipinski definition) is 5. The van der Waals surface area contributed by atoms with Gasteiger partial charge in [0, 0.05) is 11.1 Å². The Labute approximate surface area is 354 Å². The van der Waals surface area contributed by atoms with Gasteiger partial charge in [-0.05, 0) is 119 Å². The van der Waals surface area contributed by atoms with Gasteiger partial charge in [0.1, 0.15) is 29.6 Å². The second kappa shape index (κ2) is 19.2. The van der Waals surface area contributed by atoms with Gasteiger partial charge >= 0.3 is 0 Å². The molecule has 8 aromatic carbocycles. The molecule has 0 heterocycles. The topological polar surface area (TPSA) is 61.8 Å². The molecule has 5 nitrogen and oxygen atoms in total. The number of aryl methyl sites for hydroxylation is 1. The first kappa shape index (κ1) is 41.3. The maximum Gasteiger partial charge on any atom is 0.206 e. The molecule has 8 aromatic rings. The number of rotatable bonds is 12. The molecule has 0 aliphatic heterocycles. The summed E-state index contributed by atoms with van der Waals surface area (Å²) in [5, 5.41) is 0. The van der Waals surface area contributed by atoms with Gasteiger partial charge in [-0.25, -0.2) is 8.42 Å². The first-order chi connectivity index (χ1) is 29.2. The zero-order valence-corrected chi connectivity index (χ0v) is 35.2. The summed E-state index contributed by atoms with van der Waals surface area (Å²) in [5.74, 6) is 2.84. The van der Waals surface area contributed by atoms with E-state index in [9.17, 15) is 8.42 Å². The standard InChI is InChI=1S/C51H40O5S.C3H8/c1-36-13-17-38(18-14-36)39-19-23-45(24-20-39)56-51-32-22-43(34-49(51)41-11-7-4-8-12-41)42-21-31-50(48(33-42)40-9-5-3-6-10-40)55-35-37-15-27-46(28-16-37)57(52,53)47-29-25-44(54-2)26-30-47;1-3-2/h3-34H,35H2,1-2H3;3H2,1-2H3. The Morgan fingerprint density at radius 3 is 1.40 bits per heavy atom. The lowest BCUT2D eigenvalue weighted by Gasteiger charge is -2.16. The highest BCUT2D eigenvalue weighted by Gasteiger charge is 2.18. The molecule has 0 N–H and O–H groups in total. The van der Waals surface area contributed by atoms with Crippen LogP contribution < -0.4 is 14.2 Å². The van der Waals surface area contributed by atoms with Crippen LogP contribution >= 0.6 is 0 Å². The van der Waals surface area contributed by atoms with Crippen LogP contribution in [0.5, 0.6) is 23.0 Å². The summed E-state index contributed by atoms with van der Waals surface area (Å²) >= 11 is 0. The molecule has 0 aliphatic carbocycles. The Morgan fingerprint density at radius 1 is 0.450 bits per heavy atom. The van der Waals surface area contributed by atoms with Crippen LogP contribution in [0.2, 0.25) is 0 Å². The minimum absolute atomic E-state index is 0.210. The van der Waals surface area contributed by atoms with Gasteiger partial charge in [0.25, 0.3) is 0 Å². The molecule has 0 saturated carbocycles. The van der Waals surface area contributed by atoms with Gasteiger partial charge in [-0.1, -0.05) is 147 Å². The molecule has 0 saturated heterocycles. The van der Waals surface area contributed by atoms with E-state index >= 15 is 0 Å². The van der Waals surface area contributed by atoms with Crippen LogP contribution in [0.1, 0.15) is 31.4 Å². The summed E-state index contributed by atoms with van der Waals surface area (Å²) in [5.41, 5.74) is 10.4. The maximum atomic E-state index is 13.3. The van der Waals surface area contributed by atoms with Gasteiger partial charge in [0.15, 0.2) is 0 Å². The predicted octanol–water partition coefficient (Wildman–Crippen LogP) is 14.3. The van der Waals surface area contributed by atoms with Crippen LogP contribution in [0, 0.1) is 6.92 Å². The van der Waals surface area contributed by atoms with Gasteiger partial charge in [0.2, 0.25) is 9.84 Å². The van der Waals surface area contributed by atoms with E-state index in [-0.39, 0.29) is 16.4 Å². The van der Waals surface area contributed by atoms with Crippen molar-refractivity contribution in [1.29, 1.82) is 0 Å². The Bertz CT molecular complexity index is 2730. The smallest absolute Gasteiger partial charge is 0.206 e. The molecular weight excluding hydrogens is 761 g/mol. The van der Waals surface area contributed by atoms with Gasteiger partial charge in [0.05, 0.1) is 16.9 Å². The van der Waals surface area contributed by atoms with Crippen LogP contribution in [0.4, 0.5) is 0 Å². The second-order valence-corrected chi connectivity index (χ2v) is 16.4. The highest BCUT2D eigenvalue weighted by molar-refractivity contribution is 7.91. The van der Waals surface area contributed by atoms with E-state index in [0.29, 0.717) is 5.75 Å². The fourth-order valence-corrected chi connectivity index (χ4v) is 7.99. The summed E-state index contributed by atoms with van der Waals surface area (Å²) in [6.07, 6.45) is 1.25. The third-order valence-corrected chi connectivity index (χ3v) is 11.7. The van der Waals surface area contributed by atoms with Crippen molar-refractivity contribution in [2.24, 2.45) is 0 Å². The van der Waals surface area contributed by atoms with Crippen molar-refractivity contribution in [3.05, 3.63) is 205 Å². The largest absolute Gasteiger partial charge is 0.497 e. The molecule has 0 spiro atoms. The molecule has 0 bridgehead atoms. The first-order valence-electron chi connectivity index (χ1n) is 20.1. The van der Waals surface area contributed by atoms with Gasteiger partial charge in [-0.2, -0.15) is 0 Å². The van der Waals surface area contributed by atoms with E-state index in [4.69, 9.17) is 14.2 Å². The SMILES string of the molecule is CCC.COc1ccc(S(=O)(=O)c2ccc(COc3ccc(-c4ccc(Oc5ccc(-c6ccc(C)cc6)cc5)c(-c5ccccc5)c4)cc3-c3ccccc3)cc2)cc1. The Kier molecular flexibility index (Phi) is 13.2. The summed E-state index contributed by atoms with van der Waals surface area (Å²) in [7, 11) is -2.13. The molecule has 0 radical (unpaired) electrons. The number of hydrogen-bond donors (Lipinski definition) is 0. The molecule has 0 atom stereocenters. The average Bonchev–Trinajstić information content (AvgIpc) is 3.30. The molecule has 0 aromatic heterocycles. The van der Waals surface area contributed by atoms with Gasteiger partial charge in [-0.15, -0.1) is 0 Å². The van der Waals surface area contributed by atoms with Crippen molar-refractivity contribution >= 4 is 9.84 Å². The highest BCUT2D eigenvalue weighted by Crippen LogP contribution is 2.40. The summed E-state index contributed by atoms with van der Waals surface area (Å²) < 4.78 is 44.7. The minimum atomic E-state index is -3.68. The van der Waals surface area contributed by atoms with E-state index in [1.807, 2.05) is 60.7 Å². The predicted molar refractivity (Wildman–Crippen MR) is 245 cm³/mol. The normalized spacial score (nSPS) is 10.9. The van der Waals surface area contributed by atoms with Crippen LogP contribution in [0.25, 0.3) is 44.5 Å². The number of methoxy groups -OCH3 is 1. The van der Waals surface area contributed by atoms with Gasteiger partial charge in [-0.3, -0.25) is 0 Å². The van der Waals surface area contributed by atoms with Crippen LogP contribution in [0.3, 0.4) is 0 Å². The van der Waals surface area contributed by atoms with Gasteiger partial charge < -0.3 is 14.2 Å². The lowest BCUT2D eigenvalue weighted by atomic mass is 9.95. The Balaban J connectivity index is 0.00000176. The number of benzene rings is 8. The first-order valence-corrected chi connectivity index (χ1v) is 21.6. The molecule has 300 valence electrons. The lowest BCUT2D eigenvalue weighted by Crippen LogP contribution is -2.03. The van der Waals surface area contributed by atoms with E-state index in [2.05, 4.69) is 106 Å². The van der Waals surface area contributed by atoms with E-state index in [0.717, 1.165) is 61.8 Å². The van der Waals surface area contributed by atoms with Crippen LogP contribution in [0.15, 0.2) is 204 Å². The number of ether oxygens (including phenoxy) is 3. The third kappa shape index (κ3) is 9.86. The van der Waals surface area contributed by atoms with E-state index < -0.39 is 9.84 Å². The van der Waals surface area contributed by atoms with Crippen molar-refractivity contribution in [2.45, 2.75) is 43.6 Å². The average molecular weight is 809 g/mol. The number of sulfone groups is 1. The quantitative estimate of drug-likeness (QED) is 0.123. The molecule has 8 rings (SSSR count). The molecular formula is C54H48O5S. The fourth-order valence-electron chi connectivity index (χ4n) is 6.73. The summed E-state index contributed by atoms with van der Waals surface area (Å²) in [6, 6.07) is 62.9. The fraction of sp³-hybridized carbons (Fsp3) is 0.111. The lowest BCUT2D eigenvalue weighted by molar-refractivity contribution is 0.307. The van der Waals surface area contributed by atoms with Crippen molar-refractivity contribution in [1.82, 2.24) is 0 Å². The van der Waals surface area contributed by atoms with Crippen molar-refractivity contribution in [3.8, 4) is 67.5 Å². The maximum absolute atomic E-state index is 13.3.